The van der Waals surface area contributed by atoms with E-state index in [-0.39, 0.29) is 0 Å². The molecule has 0 fully saturated rings. The fraction of sp³-hybridized carbons (Fsp3) is 0.182. The summed E-state index contributed by atoms with van der Waals surface area (Å²) in [5, 5.41) is 20.9. The van der Waals surface area contributed by atoms with Crippen molar-refractivity contribution in [2.24, 2.45) is 0 Å². The largest absolute Gasteiger partial charge is 0.380 e. The molecule has 0 aliphatic carbocycles. The molecule has 0 aliphatic heterocycles. The predicted molar refractivity (Wildman–Crippen MR) is 106 cm³/mol. The number of amides is 1. The third kappa shape index (κ3) is 3.96. The number of hydrogen-bond acceptors (Lipinski definition) is 4. The molecule has 0 unspecified atom stereocenters. The molecule has 2 N–H and O–H groups in total. The highest BCUT2D eigenvalue weighted by atomic mass is 16.3. The molecule has 142 valence electrons. The maximum absolute atomic E-state index is 12.6. The van der Waals surface area contributed by atoms with Crippen molar-refractivity contribution in [3.63, 3.8) is 0 Å². The molecular formula is C22H20N2O4. The Morgan fingerprint density at radius 3 is 2.29 bits per heavy atom. The van der Waals surface area contributed by atoms with Gasteiger partial charge < -0.3 is 15.1 Å². The Morgan fingerprint density at radius 2 is 1.61 bits per heavy atom. The van der Waals surface area contributed by atoms with Crippen LogP contribution in [-0.4, -0.2) is 57.8 Å². The van der Waals surface area contributed by atoms with Gasteiger partial charge in [0.25, 0.3) is 11.8 Å². The minimum absolute atomic E-state index is 0.536. The molecule has 1 amide bonds. The number of nitrogens with zero attached hydrogens (tertiary/aromatic N) is 2. The van der Waals surface area contributed by atoms with E-state index in [9.17, 15) is 19.8 Å². The first-order valence-electron chi connectivity index (χ1n) is 8.68. The van der Waals surface area contributed by atoms with E-state index >= 15 is 0 Å². The van der Waals surface area contributed by atoms with Gasteiger partial charge >= 0.3 is 0 Å². The van der Waals surface area contributed by atoms with E-state index < -0.39 is 24.0 Å². The van der Waals surface area contributed by atoms with Crippen LogP contribution in [0.4, 0.5) is 0 Å². The number of aliphatic hydroxyl groups excluding tert-OH is 2. The standard InChI is InChI=1S/C22H20N2O4/c1-23(2)21(27)19(25)20(26)22(28)24-13-12-17-11-10-16(14-18(17)24)9-8-15-6-4-3-5-7-15/h3-7,10-14,19-20,25-26H,1-2H3/t19-,20-/m1/s1. The van der Waals surface area contributed by atoms with Crippen LogP contribution in [-0.2, 0) is 4.79 Å². The number of rotatable bonds is 3. The van der Waals surface area contributed by atoms with Crippen molar-refractivity contribution in [3.8, 4) is 11.8 Å². The van der Waals surface area contributed by atoms with Crippen molar-refractivity contribution in [2.75, 3.05) is 14.1 Å². The zero-order valence-electron chi connectivity index (χ0n) is 15.5. The summed E-state index contributed by atoms with van der Waals surface area (Å²) >= 11 is 0. The lowest BCUT2D eigenvalue weighted by molar-refractivity contribution is -0.142. The van der Waals surface area contributed by atoms with Crippen LogP contribution in [0.5, 0.6) is 0 Å². The first kappa shape index (κ1) is 19.4. The van der Waals surface area contributed by atoms with Crippen LogP contribution in [0.3, 0.4) is 0 Å². The zero-order chi connectivity index (χ0) is 20.3. The SMILES string of the molecule is CN(C)C(=O)[C@H](O)[C@@H](O)C(=O)n1ccc2ccc(C#Cc3ccccc3)cc21. The van der Waals surface area contributed by atoms with Crippen molar-refractivity contribution in [1.29, 1.82) is 0 Å². The van der Waals surface area contributed by atoms with Gasteiger partial charge in [0.05, 0.1) is 5.52 Å². The summed E-state index contributed by atoms with van der Waals surface area (Å²) in [4.78, 5) is 25.6. The number of carbonyl (C=O) groups excluding carboxylic acids is 2. The maximum Gasteiger partial charge on any atom is 0.263 e. The lowest BCUT2D eigenvalue weighted by atomic mass is 10.1. The summed E-state index contributed by atoms with van der Waals surface area (Å²) in [6.45, 7) is 0. The third-order valence-corrected chi connectivity index (χ3v) is 4.30. The Kier molecular flexibility index (Phi) is 5.59. The number of hydrogen-bond donors (Lipinski definition) is 2. The van der Waals surface area contributed by atoms with Gasteiger partial charge in [-0.1, -0.05) is 36.1 Å². The fourth-order valence-electron chi connectivity index (χ4n) is 2.74. The van der Waals surface area contributed by atoms with E-state index in [0.717, 1.165) is 15.8 Å². The quantitative estimate of drug-likeness (QED) is 0.679. The van der Waals surface area contributed by atoms with Gasteiger partial charge in [0, 0.05) is 36.8 Å². The Labute approximate surface area is 162 Å². The zero-order valence-corrected chi connectivity index (χ0v) is 15.5. The van der Waals surface area contributed by atoms with Crippen molar-refractivity contribution in [3.05, 3.63) is 71.9 Å². The Balaban J connectivity index is 1.91. The number of carbonyl (C=O) groups is 2. The highest BCUT2D eigenvalue weighted by Crippen LogP contribution is 2.19. The molecule has 3 aromatic rings. The summed E-state index contributed by atoms with van der Waals surface area (Å²) in [6.07, 6.45) is -2.21. The van der Waals surface area contributed by atoms with Crippen molar-refractivity contribution in [1.82, 2.24) is 9.47 Å². The molecule has 0 bridgehead atoms. The van der Waals surface area contributed by atoms with Crippen LogP contribution in [0.15, 0.2) is 60.8 Å². The Morgan fingerprint density at radius 1 is 0.929 bits per heavy atom. The second-order valence-corrected chi connectivity index (χ2v) is 6.54. The summed E-state index contributed by atoms with van der Waals surface area (Å²) < 4.78 is 1.22. The number of aliphatic hydroxyl groups is 2. The van der Waals surface area contributed by atoms with E-state index in [1.807, 2.05) is 42.5 Å². The summed E-state index contributed by atoms with van der Waals surface area (Å²) in [6, 6.07) is 16.6. The van der Waals surface area contributed by atoms with Crippen molar-refractivity contribution < 1.29 is 19.8 Å². The number of benzene rings is 2. The van der Waals surface area contributed by atoms with Crippen molar-refractivity contribution >= 4 is 22.7 Å². The highest BCUT2D eigenvalue weighted by Gasteiger charge is 2.32. The molecule has 1 aromatic heterocycles. The lowest BCUT2D eigenvalue weighted by Crippen LogP contribution is -2.46. The fourth-order valence-corrected chi connectivity index (χ4v) is 2.74. The molecule has 0 spiro atoms. The molecule has 2 atom stereocenters. The van der Waals surface area contributed by atoms with Crippen LogP contribution in [0, 0.1) is 11.8 Å². The van der Waals surface area contributed by atoms with E-state index in [1.165, 1.54) is 24.9 Å². The van der Waals surface area contributed by atoms with E-state index in [2.05, 4.69) is 11.8 Å². The molecule has 6 nitrogen and oxygen atoms in total. The molecule has 3 rings (SSSR count). The van der Waals surface area contributed by atoms with Crippen LogP contribution < -0.4 is 0 Å². The molecule has 28 heavy (non-hydrogen) atoms. The molecule has 0 saturated carbocycles. The van der Waals surface area contributed by atoms with Gasteiger partial charge in [0.15, 0.2) is 12.2 Å². The number of fused-ring (bicyclic) bond motifs is 1. The number of likely N-dealkylation sites (N-methyl/N-ethyl adjacent to an activating group) is 1. The monoisotopic (exact) mass is 376 g/mol. The highest BCUT2D eigenvalue weighted by molar-refractivity contribution is 5.98. The molecule has 1 heterocycles. The first-order chi connectivity index (χ1) is 13.4. The maximum atomic E-state index is 12.6. The Hall–Kier alpha value is -3.40. The minimum Gasteiger partial charge on any atom is -0.380 e. The van der Waals surface area contributed by atoms with E-state index in [1.54, 1.807) is 12.1 Å². The molecule has 0 radical (unpaired) electrons. The third-order valence-electron chi connectivity index (χ3n) is 4.30. The number of aromatic nitrogens is 1. The van der Waals surface area contributed by atoms with E-state index in [4.69, 9.17) is 0 Å². The topological polar surface area (TPSA) is 82.8 Å². The molecule has 0 aliphatic rings. The van der Waals surface area contributed by atoms with Gasteiger partial charge in [0.2, 0.25) is 0 Å². The average molecular weight is 376 g/mol. The van der Waals surface area contributed by atoms with Crippen LogP contribution in [0.2, 0.25) is 0 Å². The van der Waals surface area contributed by atoms with Crippen LogP contribution in [0.25, 0.3) is 10.9 Å². The molecular weight excluding hydrogens is 356 g/mol. The minimum atomic E-state index is -1.87. The van der Waals surface area contributed by atoms with E-state index in [0.29, 0.717) is 11.1 Å². The second kappa shape index (κ2) is 8.09. The Bertz CT molecular complexity index is 1070. The van der Waals surface area contributed by atoms with Gasteiger partial charge in [-0.3, -0.25) is 14.2 Å². The van der Waals surface area contributed by atoms with Gasteiger partial charge in [-0.05, 0) is 30.3 Å². The normalized spacial score (nSPS) is 12.7. The van der Waals surface area contributed by atoms with Gasteiger partial charge in [-0.2, -0.15) is 0 Å². The predicted octanol–water partition coefficient (Wildman–Crippen LogP) is 1.49. The first-order valence-corrected chi connectivity index (χ1v) is 8.68. The van der Waals surface area contributed by atoms with Gasteiger partial charge in [-0.15, -0.1) is 0 Å². The van der Waals surface area contributed by atoms with Crippen LogP contribution >= 0.6 is 0 Å². The van der Waals surface area contributed by atoms with Gasteiger partial charge in [-0.25, -0.2) is 0 Å². The smallest absolute Gasteiger partial charge is 0.263 e. The summed E-state index contributed by atoms with van der Waals surface area (Å²) in [5.41, 5.74) is 2.10. The summed E-state index contributed by atoms with van der Waals surface area (Å²) in [7, 11) is 2.87. The molecule has 6 heteroatoms. The molecule has 0 saturated heterocycles. The summed E-state index contributed by atoms with van der Waals surface area (Å²) in [5.74, 6) is 4.57. The van der Waals surface area contributed by atoms with Gasteiger partial charge in [0.1, 0.15) is 0 Å². The average Bonchev–Trinajstić information content (AvgIpc) is 3.13. The van der Waals surface area contributed by atoms with Crippen LogP contribution in [0.1, 0.15) is 15.9 Å². The second-order valence-electron chi connectivity index (χ2n) is 6.54. The lowest BCUT2D eigenvalue weighted by Gasteiger charge is -2.20. The molecule has 2 aromatic carbocycles. The van der Waals surface area contributed by atoms with Crippen molar-refractivity contribution in [2.45, 2.75) is 12.2 Å².